The number of aromatic nitrogens is 3. The Labute approximate surface area is 141 Å². The summed E-state index contributed by atoms with van der Waals surface area (Å²) in [4.78, 5) is 0.0892. The zero-order valence-corrected chi connectivity index (χ0v) is 15.2. The van der Waals surface area contributed by atoms with Crippen LogP contribution in [0.15, 0.2) is 23.1 Å². The number of hydrogen-bond acceptors (Lipinski definition) is 6. The molecule has 1 N–H and O–H groups in total. The van der Waals surface area contributed by atoms with Crippen LogP contribution in [0.3, 0.4) is 0 Å². The molecule has 9 heteroatoms. The zero-order chi connectivity index (χ0) is 17.9. The summed E-state index contributed by atoms with van der Waals surface area (Å²) in [6, 6.07) is 4.74. The molecule has 0 amide bonds. The minimum absolute atomic E-state index is 0.0892. The number of rotatable bonds is 7. The Morgan fingerprint density at radius 3 is 2.54 bits per heavy atom. The Balaban J connectivity index is 2.36. The quantitative estimate of drug-likeness (QED) is 0.812. The summed E-state index contributed by atoms with van der Waals surface area (Å²) in [5, 5.41) is 7.93. The summed E-state index contributed by atoms with van der Waals surface area (Å²) < 4.78 is 40.1. The van der Waals surface area contributed by atoms with Crippen LogP contribution in [0.2, 0.25) is 0 Å². The van der Waals surface area contributed by atoms with Crippen molar-refractivity contribution in [2.75, 3.05) is 14.2 Å². The van der Waals surface area contributed by atoms with Gasteiger partial charge in [0.1, 0.15) is 10.6 Å². The molecule has 132 valence electrons. The minimum atomic E-state index is -3.79. The predicted octanol–water partition coefficient (Wildman–Crippen LogP) is 1.66. The lowest BCUT2D eigenvalue weighted by Crippen LogP contribution is -2.29. The average Bonchev–Trinajstić information content (AvgIpc) is 2.97. The number of sulfonamides is 1. The van der Waals surface area contributed by atoms with Crippen molar-refractivity contribution in [3.05, 3.63) is 29.6 Å². The van der Waals surface area contributed by atoms with E-state index in [2.05, 4.69) is 14.9 Å². The fourth-order valence-corrected chi connectivity index (χ4v) is 3.87. The van der Waals surface area contributed by atoms with E-state index in [1.54, 1.807) is 29.7 Å². The van der Waals surface area contributed by atoms with Gasteiger partial charge in [-0.1, -0.05) is 11.2 Å². The van der Waals surface area contributed by atoms with Crippen molar-refractivity contribution >= 4 is 10.0 Å². The van der Waals surface area contributed by atoms with E-state index in [0.29, 0.717) is 18.4 Å². The first-order chi connectivity index (χ1) is 11.3. The molecule has 8 nitrogen and oxygen atoms in total. The monoisotopic (exact) mass is 354 g/mol. The largest absolute Gasteiger partial charge is 0.495 e. The smallest absolute Gasteiger partial charge is 0.316 e. The van der Waals surface area contributed by atoms with E-state index in [4.69, 9.17) is 9.47 Å². The molecular formula is C15H22N4O4S. The lowest BCUT2D eigenvalue weighted by Gasteiger charge is -2.16. The first kappa shape index (κ1) is 18.2. The fourth-order valence-electron chi connectivity index (χ4n) is 2.41. The molecule has 24 heavy (non-hydrogen) atoms. The first-order valence-corrected chi connectivity index (χ1v) is 8.96. The van der Waals surface area contributed by atoms with Crippen LogP contribution in [0, 0.1) is 6.92 Å². The Kier molecular flexibility index (Phi) is 5.45. The van der Waals surface area contributed by atoms with Gasteiger partial charge in [-0.2, -0.15) is 0 Å². The maximum absolute atomic E-state index is 12.7. The summed E-state index contributed by atoms with van der Waals surface area (Å²) in [5.74, 6) is 0.763. The summed E-state index contributed by atoms with van der Waals surface area (Å²) in [5.41, 5.74) is 0.822. The number of ether oxygens (including phenoxy) is 2. The SMILES string of the molecule is CCn1c(OC)nnc1[C@@H](C)NS(=O)(=O)c1cc(C)ccc1OC. The van der Waals surface area contributed by atoms with Crippen LogP contribution in [0.25, 0.3) is 0 Å². The number of nitrogens with one attached hydrogen (secondary N) is 1. The van der Waals surface area contributed by atoms with Crippen molar-refractivity contribution in [1.29, 1.82) is 0 Å². The van der Waals surface area contributed by atoms with E-state index >= 15 is 0 Å². The van der Waals surface area contributed by atoms with Crippen molar-refractivity contribution in [3.8, 4) is 11.8 Å². The minimum Gasteiger partial charge on any atom is -0.495 e. The molecule has 0 saturated heterocycles. The molecule has 1 atom stereocenters. The normalized spacial score (nSPS) is 12.9. The van der Waals surface area contributed by atoms with Gasteiger partial charge in [0.15, 0.2) is 5.82 Å². The van der Waals surface area contributed by atoms with E-state index in [1.807, 2.05) is 13.8 Å². The summed E-state index contributed by atoms with van der Waals surface area (Å²) in [7, 11) is -0.864. The second-order valence-corrected chi connectivity index (χ2v) is 6.97. The number of methoxy groups -OCH3 is 2. The number of hydrogen-bond donors (Lipinski definition) is 1. The van der Waals surface area contributed by atoms with Crippen LogP contribution < -0.4 is 14.2 Å². The molecule has 2 aromatic rings. The van der Waals surface area contributed by atoms with Gasteiger partial charge in [0.05, 0.1) is 20.3 Å². The van der Waals surface area contributed by atoms with Crippen molar-refractivity contribution in [1.82, 2.24) is 19.5 Å². The second-order valence-electron chi connectivity index (χ2n) is 5.29. The molecule has 0 bridgehead atoms. The van der Waals surface area contributed by atoms with Crippen LogP contribution in [-0.2, 0) is 16.6 Å². The Bertz CT molecular complexity index is 817. The van der Waals surface area contributed by atoms with Gasteiger partial charge in [0.25, 0.3) is 0 Å². The highest BCUT2D eigenvalue weighted by Gasteiger charge is 2.26. The summed E-state index contributed by atoms with van der Waals surface area (Å²) >= 11 is 0. The molecule has 0 aliphatic heterocycles. The molecule has 1 aromatic carbocycles. The number of nitrogens with zero attached hydrogens (tertiary/aromatic N) is 3. The van der Waals surface area contributed by atoms with Crippen LogP contribution in [-0.4, -0.2) is 37.4 Å². The first-order valence-electron chi connectivity index (χ1n) is 7.48. The van der Waals surface area contributed by atoms with Crippen LogP contribution in [0.4, 0.5) is 0 Å². The molecular weight excluding hydrogens is 332 g/mol. The third-order valence-electron chi connectivity index (χ3n) is 3.57. The van der Waals surface area contributed by atoms with Crippen LogP contribution >= 0.6 is 0 Å². The maximum Gasteiger partial charge on any atom is 0.316 e. The Morgan fingerprint density at radius 2 is 1.96 bits per heavy atom. The highest BCUT2D eigenvalue weighted by molar-refractivity contribution is 7.89. The molecule has 0 radical (unpaired) electrons. The van der Waals surface area contributed by atoms with E-state index in [1.165, 1.54) is 14.2 Å². The predicted molar refractivity (Wildman–Crippen MR) is 88.7 cm³/mol. The molecule has 0 unspecified atom stereocenters. The molecule has 0 fully saturated rings. The van der Waals surface area contributed by atoms with E-state index in [9.17, 15) is 8.42 Å². The van der Waals surface area contributed by atoms with E-state index in [0.717, 1.165) is 5.56 Å². The van der Waals surface area contributed by atoms with Crippen molar-refractivity contribution in [3.63, 3.8) is 0 Å². The van der Waals surface area contributed by atoms with Crippen LogP contribution in [0.1, 0.15) is 31.3 Å². The second kappa shape index (κ2) is 7.18. The summed E-state index contributed by atoms with van der Waals surface area (Å²) in [6.07, 6.45) is 0. The number of benzene rings is 1. The Hall–Kier alpha value is -2.13. The molecule has 0 saturated carbocycles. The molecule has 0 aliphatic carbocycles. The van der Waals surface area contributed by atoms with Gasteiger partial charge in [-0.05, 0) is 38.5 Å². The Morgan fingerprint density at radius 1 is 1.25 bits per heavy atom. The topological polar surface area (TPSA) is 95.3 Å². The molecule has 0 aliphatic rings. The maximum atomic E-state index is 12.7. The molecule has 2 rings (SSSR count). The highest BCUT2D eigenvalue weighted by atomic mass is 32.2. The van der Waals surface area contributed by atoms with Gasteiger partial charge in [-0.25, -0.2) is 13.1 Å². The summed E-state index contributed by atoms with van der Waals surface area (Å²) in [6.45, 7) is 5.99. The standard InChI is InChI=1S/C15H22N4O4S/c1-6-19-14(16-17-15(19)23-5)11(3)18-24(20,21)13-9-10(2)7-8-12(13)22-4/h7-9,11,18H,6H2,1-5H3/t11-/m1/s1. The van der Waals surface area contributed by atoms with Gasteiger partial charge in [-0.3, -0.25) is 4.57 Å². The highest BCUT2D eigenvalue weighted by Crippen LogP contribution is 2.26. The third kappa shape index (κ3) is 3.51. The molecule has 1 heterocycles. The van der Waals surface area contributed by atoms with Gasteiger partial charge in [0, 0.05) is 6.54 Å². The van der Waals surface area contributed by atoms with Crippen molar-refractivity contribution in [2.24, 2.45) is 0 Å². The third-order valence-corrected chi connectivity index (χ3v) is 5.13. The lowest BCUT2D eigenvalue weighted by atomic mass is 10.2. The van der Waals surface area contributed by atoms with Crippen molar-refractivity contribution < 1.29 is 17.9 Å². The fraction of sp³-hybridized carbons (Fsp3) is 0.467. The van der Waals surface area contributed by atoms with E-state index < -0.39 is 16.1 Å². The van der Waals surface area contributed by atoms with E-state index in [-0.39, 0.29) is 10.6 Å². The number of aryl methyl sites for hydroxylation is 1. The van der Waals surface area contributed by atoms with Gasteiger partial charge >= 0.3 is 6.01 Å². The van der Waals surface area contributed by atoms with Gasteiger partial charge in [0.2, 0.25) is 10.0 Å². The van der Waals surface area contributed by atoms with Gasteiger partial charge < -0.3 is 9.47 Å². The molecule has 1 aromatic heterocycles. The molecule has 0 spiro atoms. The van der Waals surface area contributed by atoms with Crippen LogP contribution in [0.5, 0.6) is 11.8 Å². The zero-order valence-electron chi connectivity index (χ0n) is 14.4. The van der Waals surface area contributed by atoms with Crippen molar-refractivity contribution in [2.45, 2.75) is 38.3 Å². The van der Waals surface area contributed by atoms with Gasteiger partial charge in [-0.15, -0.1) is 5.10 Å². The lowest BCUT2D eigenvalue weighted by molar-refractivity contribution is 0.354. The average molecular weight is 354 g/mol.